The van der Waals surface area contributed by atoms with Gasteiger partial charge in [0.15, 0.2) is 0 Å². The fraction of sp³-hybridized carbons (Fsp3) is 0.280. The standard InChI is InChI=1S/C25H23ClFN5O2/c1-2-32-23-16(14-29-25(31-23)30-17-7-10-34-11-8-17)12-20(24(32)33)19-6-5-15(13-21(19)26)18-4-3-9-28-22(18)27/h3-6,9,12-14,17H,2,7-8,10-11H2,1H3,(H,29,30,31). The summed E-state index contributed by atoms with van der Waals surface area (Å²) in [5.41, 5.74) is 2.29. The third-order valence-corrected chi connectivity index (χ3v) is 6.34. The number of nitrogens with zero attached hydrogens (tertiary/aromatic N) is 4. The number of ether oxygens (including phenoxy) is 1. The number of nitrogens with one attached hydrogen (secondary N) is 1. The molecule has 0 saturated carbocycles. The largest absolute Gasteiger partial charge is 0.381 e. The minimum atomic E-state index is -0.576. The first-order valence-corrected chi connectivity index (χ1v) is 11.6. The number of fused-ring (bicyclic) bond motifs is 1. The summed E-state index contributed by atoms with van der Waals surface area (Å²) in [6.45, 7) is 3.75. The van der Waals surface area contributed by atoms with E-state index in [0.29, 0.717) is 58.6 Å². The molecule has 1 aliphatic rings. The maximum Gasteiger partial charge on any atom is 0.260 e. The molecular weight excluding hydrogens is 457 g/mol. The zero-order valence-electron chi connectivity index (χ0n) is 18.6. The molecule has 5 rings (SSSR count). The van der Waals surface area contributed by atoms with Crippen LogP contribution in [0.15, 0.2) is 53.6 Å². The molecule has 3 aromatic heterocycles. The minimum absolute atomic E-state index is 0.201. The number of anilines is 1. The van der Waals surface area contributed by atoms with Crippen molar-refractivity contribution in [3.05, 3.63) is 70.1 Å². The monoisotopic (exact) mass is 479 g/mol. The van der Waals surface area contributed by atoms with Gasteiger partial charge in [-0.05, 0) is 49.6 Å². The molecule has 34 heavy (non-hydrogen) atoms. The van der Waals surface area contributed by atoms with Crippen molar-refractivity contribution >= 4 is 28.6 Å². The summed E-state index contributed by atoms with van der Waals surface area (Å²) in [7, 11) is 0. The Labute approximate surface area is 200 Å². The van der Waals surface area contributed by atoms with Gasteiger partial charge in [-0.25, -0.2) is 9.97 Å². The van der Waals surface area contributed by atoms with Crippen molar-refractivity contribution in [1.29, 1.82) is 0 Å². The number of hydrogen-bond donors (Lipinski definition) is 1. The Balaban J connectivity index is 1.55. The molecule has 0 aliphatic carbocycles. The molecule has 1 saturated heterocycles. The van der Waals surface area contributed by atoms with Crippen molar-refractivity contribution in [2.24, 2.45) is 0 Å². The van der Waals surface area contributed by atoms with Gasteiger partial charge < -0.3 is 10.1 Å². The van der Waals surface area contributed by atoms with Gasteiger partial charge in [0.1, 0.15) is 5.65 Å². The van der Waals surface area contributed by atoms with Crippen LogP contribution >= 0.6 is 11.6 Å². The third-order valence-electron chi connectivity index (χ3n) is 6.03. The zero-order valence-corrected chi connectivity index (χ0v) is 19.3. The highest BCUT2D eigenvalue weighted by Gasteiger charge is 2.18. The maximum absolute atomic E-state index is 14.1. The SMILES string of the molecule is CCn1c(=O)c(-c2ccc(-c3cccnc3F)cc2Cl)cc2cnc(NC3CCOCC3)nc21. The first-order chi connectivity index (χ1) is 16.5. The molecule has 1 fully saturated rings. The van der Waals surface area contributed by atoms with Crippen molar-refractivity contribution in [3.8, 4) is 22.3 Å². The Morgan fingerprint density at radius 1 is 1.15 bits per heavy atom. The summed E-state index contributed by atoms with van der Waals surface area (Å²) >= 11 is 6.58. The van der Waals surface area contributed by atoms with Crippen molar-refractivity contribution in [3.63, 3.8) is 0 Å². The molecule has 1 aliphatic heterocycles. The van der Waals surface area contributed by atoms with Crippen molar-refractivity contribution in [1.82, 2.24) is 19.5 Å². The summed E-state index contributed by atoms with van der Waals surface area (Å²) < 4.78 is 21.1. The van der Waals surface area contributed by atoms with Gasteiger partial charge in [-0.2, -0.15) is 9.37 Å². The van der Waals surface area contributed by atoms with Crippen LogP contribution in [0.5, 0.6) is 0 Å². The van der Waals surface area contributed by atoms with Gasteiger partial charge in [-0.3, -0.25) is 9.36 Å². The van der Waals surface area contributed by atoms with Crippen LogP contribution in [0.3, 0.4) is 0 Å². The highest BCUT2D eigenvalue weighted by molar-refractivity contribution is 6.33. The van der Waals surface area contributed by atoms with E-state index < -0.39 is 5.95 Å². The van der Waals surface area contributed by atoms with E-state index in [4.69, 9.17) is 16.3 Å². The molecule has 0 spiro atoms. The van der Waals surface area contributed by atoms with Gasteiger partial charge >= 0.3 is 0 Å². The van der Waals surface area contributed by atoms with Crippen molar-refractivity contribution in [2.75, 3.05) is 18.5 Å². The molecule has 9 heteroatoms. The quantitative estimate of drug-likeness (QED) is 0.409. The van der Waals surface area contributed by atoms with Crippen LogP contribution in [0, 0.1) is 5.95 Å². The van der Waals surface area contributed by atoms with Crippen LogP contribution in [0.1, 0.15) is 19.8 Å². The molecule has 174 valence electrons. The topological polar surface area (TPSA) is 81.9 Å². The number of aryl methyl sites for hydroxylation is 1. The predicted molar refractivity (Wildman–Crippen MR) is 131 cm³/mol. The van der Waals surface area contributed by atoms with E-state index in [1.54, 1.807) is 47.2 Å². The van der Waals surface area contributed by atoms with E-state index in [9.17, 15) is 9.18 Å². The number of hydrogen-bond acceptors (Lipinski definition) is 6. The van der Waals surface area contributed by atoms with Gasteiger partial charge in [-0.15, -0.1) is 0 Å². The summed E-state index contributed by atoms with van der Waals surface area (Å²) in [4.78, 5) is 26.2. The third kappa shape index (κ3) is 4.26. The molecule has 0 bridgehead atoms. The molecule has 0 atom stereocenters. The van der Waals surface area contributed by atoms with Crippen LogP contribution in [0.25, 0.3) is 33.3 Å². The lowest BCUT2D eigenvalue weighted by Gasteiger charge is -2.23. The smallest absolute Gasteiger partial charge is 0.260 e. The predicted octanol–water partition coefficient (Wildman–Crippen LogP) is 4.92. The average molecular weight is 480 g/mol. The molecule has 1 N–H and O–H groups in total. The van der Waals surface area contributed by atoms with Crippen LogP contribution in [0.4, 0.5) is 10.3 Å². The number of benzene rings is 1. The Morgan fingerprint density at radius 2 is 1.97 bits per heavy atom. The first-order valence-electron chi connectivity index (χ1n) is 11.2. The van der Waals surface area contributed by atoms with Crippen LogP contribution in [-0.4, -0.2) is 38.8 Å². The highest BCUT2D eigenvalue weighted by atomic mass is 35.5. The second kappa shape index (κ2) is 9.48. The van der Waals surface area contributed by atoms with Crippen molar-refractivity contribution < 1.29 is 9.13 Å². The van der Waals surface area contributed by atoms with Gasteiger partial charge in [0.05, 0.1) is 0 Å². The lowest BCUT2D eigenvalue weighted by atomic mass is 10.0. The summed E-state index contributed by atoms with van der Waals surface area (Å²) in [5, 5.41) is 4.43. The fourth-order valence-corrected chi connectivity index (χ4v) is 4.52. The Kier molecular flexibility index (Phi) is 6.26. The number of rotatable bonds is 5. The Bertz CT molecular complexity index is 1420. The van der Waals surface area contributed by atoms with E-state index in [0.717, 1.165) is 18.2 Å². The zero-order chi connectivity index (χ0) is 23.7. The Hall–Kier alpha value is -3.36. The summed E-state index contributed by atoms with van der Waals surface area (Å²) in [5.74, 6) is -0.0812. The second-order valence-corrected chi connectivity index (χ2v) is 8.55. The van der Waals surface area contributed by atoms with Gasteiger partial charge in [-0.1, -0.05) is 23.7 Å². The molecule has 7 nitrogen and oxygen atoms in total. The number of aromatic nitrogens is 4. The summed E-state index contributed by atoms with van der Waals surface area (Å²) in [6, 6.07) is 10.4. The van der Waals surface area contributed by atoms with Gasteiger partial charge in [0.25, 0.3) is 5.56 Å². The van der Waals surface area contributed by atoms with E-state index in [1.165, 1.54) is 6.20 Å². The molecule has 0 unspecified atom stereocenters. The molecule has 1 aromatic carbocycles. The van der Waals surface area contributed by atoms with Crippen molar-refractivity contribution in [2.45, 2.75) is 32.4 Å². The lowest BCUT2D eigenvalue weighted by molar-refractivity contribution is 0.0903. The number of halogens is 2. The van der Waals surface area contributed by atoms with Gasteiger partial charge in [0.2, 0.25) is 11.9 Å². The summed E-state index contributed by atoms with van der Waals surface area (Å²) in [6.07, 6.45) is 4.88. The van der Waals surface area contributed by atoms with E-state index in [2.05, 4.69) is 20.3 Å². The van der Waals surface area contributed by atoms with E-state index in [-0.39, 0.29) is 11.6 Å². The molecule has 0 amide bonds. The molecule has 4 heterocycles. The van der Waals surface area contributed by atoms with Gasteiger partial charge in [0, 0.05) is 65.3 Å². The maximum atomic E-state index is 14.1. The van der Waals surface area contributed by atoms with Crippen LogP contribution < -0.4 is 10.9 Å². The number of pyridine rings is 2. The average Bonchev–Trinajstić information content (AvgIpc) is 2.85. The van der Waals surface area contributed by atoms with E-state index >= 15 is 0 Å². The first kappa shape index (κ1) is 22.4. The van der Waals surface area contributed by atoms with Crippen LogP contribution in [-0.2, 0) is 11.3 Å². The normalized spacial score (nSPS) is 14.4. The fourth-order valence-electron chi connectivity index (χ4n) is 4.24. The lowest BCUT2D eigenvalue weighted by Crippen LogP contribution is -2.29. The second-order valence-electron chi connectivity index (χ2n) is 8.15. The minimum Gasteiger partial charge on any atom is -0.381 e. The van der Waals surface area contributed by atoms with Crippen LogP contribution in [0.2, 0.25) is 5.02 Å². The molecular formula is C25H23ClFN5O2. The Morgan fingerprint density at radius 3 is 2.71 bits per heavy atom. The van der Waals surface area contributed by atoms with E-state index in [1.807, 2.05) is 6.92 Å². The highest BCUT2D eigenvalue weighted by Crippen LogP contribution is 2.32. The molecule has 0 radical (unpaired) electrons. The molecule has 4 aromatic rings.